The van der Waals surface area contributed by atoms with Gasteiger partial charge in [0.25, 0.3) is 0 Å². The third-order valence-corrected chi connectivity index (χ3v) is 6.46. The standard InChI is InChI=1S/C16H17N3O2S2/c20-14-3-6-17-16(21)19(14)10-18-7-4-12-11(5-9-23-12)15(18)13-2-1-8-22-13/h1-2,5,8-9,15H,3-4,6-7,10H2,(H,17,21)/p+1/t15-/m0/s1. The summed E-state index contributed by atoms with van der Waals surface area (Å²) in [6.45, 7) is 1.82. The number of nitrogens with one attached hydrogen (secondary N) is 2. The van der Waals surface area contributed by atoms with E-state index in [0.29, 0.717) is 19.6 Å². The van der Waals surface area contributed by atoms with Crippen molar-refractivity contribution in [3.05, 3.63) is 44.3 Å². The lowest BCUT2D eigenvalue weighted by molar-refractivity contribution is -0.934. The van der Waals surface area contributed by atoms with E-state index in [1.165, 1.54) is 25.1 Å². The maximum atomic E-state index is 12.1. The molecule has 4 heterocycles. The molecule has 2 N–H and O–H groups in total. The summed E-state index contributed by atoms with van der Waals surface area (Å²) in [5, 5.41) is 7.01. The monoisotopic (exact) mass is 348 g/mol. The number of carbonyl (C=O) groups is 2. The Balaban J connectivity index is 1.64. The Morgan fingerprint density at radius 2 is 2.13 bits per heavy atom. The zero-order chi connectivity index (χ0) is 15.8. The topological polar surface area (TPSA) is 53.9 Å². The van der Waals surface area contributed by atoms with Gasteiger partial charge in [0.05, 0.1) is 11.4 Å². The zero-order valence-electron chi connectivity index (χ0n) is 12.6. The zero-order valence-corrected chi connectivity index (χ0v) is 14.2. The molecule has 0 bridgehead atoms. The summed E-state index contributed by atoms with van der Waals surface area (Å²) in [6, 6.07) is 6.38. The van der Waals surface area contributed by atoms with Gasteiger partial charge in [-0.25, -0.2) is 9.69 Å². The van der Waals surface area contributed by atoms with E-state index in [0.717, 1.165) is 13.0 Å². The van der Waals surface area contributed by atoms with Crippen molar-refractivity contribution in [2.24, 2.45) is 0 Å². The molecule has 4 rings (SSSR count). The normalized spacial score (nSPS) is 24.4. The summed E-state index contributed by atoms with van der Waals surface area (Å²) in [5.74, 6) is -0.0673. The highest BCUT2D eigenvalue weighted by atomic mass is 32.1. The van der Waals surface area contributed by atoms with Crippen molar-refractivity contribution in [2.75, 3.05) is 19.8 Å². The molecule has 7 heteroatoms. The van der Waals surface area contributed by atoms with Crippen LogP contribution in [0.15, 0.2) is 29.0 Å². The lowest BCUT2D eigenvalue weighted by Gasteiger charge is -2.36. The van der Waals surface area contributed by atoms with Gasteiger partial charge in [0.2, 0.25) is 5.91 Å². The highest BCUT2D eigenvalue weighted by Gasteiger charge is 2.38. The third kappa shape index (κ3) is 2.69. The summed E-state index contributed by atoms with van der Waals surface area (Å²) in [5.41, 5.74) is 1.35. The van der Waals surface area contributed by atoms with Crippen LogP contribution in [0.3, 0.4) is 0 Å². The van der Waals surface area contributed by atoms with Gasteiger partial charge in [0, 0.05) is 29.8 Å². The average molecular weight is 348 g/mol. The van der Waals surface area contributed by atoms with Crippen LogP contribution in [-0.2, 0) is 11.2 Å². The summed E-state index contributed by atoms with van der Waals surface area (Å²) in [6.07, 6.45) is 1.40. The third-order valence-electron chi connectivity index (χ3n) is 4.52. The van der Waals surface area contributed by atoms with Gasteiger partial charge in [0.15, 0.2) is 12.7 Å². The van der Waals surface area contributed by atoms with Gasteiger partial charge < -0.3 is 10.2 Å². The highest BCUT2D eigenvalue weighted by molar-refractivity contribution is 7.10. The molecule has 0 aromatic carbocycles. The van der Waals surface area contributed by atoms with Crippen LogP contribution in [-0.4, -0.2) is 36.6 Å². The molecular weight excluding hydrogens is 330 g/mol. The Bertz CT molecular complexity index is 710. The smallest absolute Gasteiger partial charge is 0.328 e. The maximum Gasteiger partial charge on any atom is 0.328 e. The molecule has 2 aliphatic rings. The molecular formula is C16H18N3O2S2+. The van der Waals surface area contributed by atoms with Gasteiger partial charge in [-0.15, -0.1) is 22.7 Å². The fourth-order valence-corrected chi connectivity index (χ4v) is 5.23. The number of nitrogens with zero attached hydrogens (tertiary/aromatic N) is 1. The number of urea groups is 1. The molecule has 1 fully saturated rings. The minimum Gasteiger partial charge on any atom is -0.337 e. The second kappa shape index (κ2) is 6.07. The number of carbonyl (C=O) groups excluding carboxylic acids is 2. The fraction of sp³-hybridized carbons (Fsp3) is 0.375. The fourth-order valence-electron chi connectivity index (χ4n) is 3.41. The van der Waals surface area contributed by atoms with Crippen LogP contribution in [0.4, 0.5) is 4.79 Å². The van der Waals surface area contributed by atoms with Gasteiger partial charge in [-0.05, 0) is 22.9 Å². The largest absolute Gasteiger partial charge is 0.337 e. The van der Waals surface area contributed by atoms with Gasteiger partial charge in [0.1, 0.15) is 0 Å². The van der Waals surface area contributed by atoms with Gasteiger partial charge >= 0.3 is 6.03 Å². The number of fused-ring (bicyclic) bond motifs is 1. The van der Waals surface area contributed by atoms with Crippen LogP contribution in [0, 0.1) is 0 Å². The van der Waals surface area contributed by atoms with Crippen molar-refractivity contribution >= 4 is 34.6 Å². The van der Waals surface area contributed by atoms with Crippen LogP contribution >= 0.6 is 22.7 Å². The summed E-state index contributed by atoms with van der Waals surface area (Å²) >= 11 is 3.55. The van der Waals surface area contributed by atoms with E-state index in [1.807, 2.05) is 11.3 Å². The van der Waals surface area contributed by atoms with E-state index in [4.69, 9.17) is 0 Å². The molecule has 0 saturated carbocycles. The van der Waals surface area contributed by atoms with Crippen LogP contribution in [0.5, 0.6) is 0 Å². The summed E-state index contributed by atoms with van der Waals surface area (Å²) < 4.78 is 0. The van der Waals surface area contributed by atoms with Gasteiger partial charge in [-0.3, -0.25) is 4.79 Å². The van der Waals surface area contributed by atoms with Crippen LogP contribution in [0.2, 0.25) is 0 Å². The van der Waals surface area contributed by atoms with E-state index >= 15 is 0 Å². The number of rotatable bonds is 3. The Labute approximate surface area is 142 Å². The predicted octanol–water partition coefficient (Wildman–Crippen LogP) is 1.24. The van der Waals surface area contributed by atoms with Crippen molar-refractivity contribution in [2.45, 2.75) is 18.9 Å². The first-order valence-corrected chi connectivity index (χ1v) is 9.52. The van der Waals surface area contributed by atoms with Crippen molar-refractivity contribution in [1.82, 2.24) is 10.2 Å². The molecule has 1 unspecified atom stereocenters. The van der Waals surface area contributed by atoms with Crippen LogP contribution < -0.4 is 10.2 Å². The first kappa shape index (κ1) is 14.9. The van der Waals surface area contributed by atoms with E-state index < -0.39 is 0 Å². The first-order valence-electron chi connectivity index (χ1n) is 7.76. The Morgan fingerprint density at radius 1 is 1.22 bits per heavy atom. The van der Waals surface area contributed by atoms with Crippen LogP contribution in [0.25, 0.3) is 0 Å². The summed E-state index contributed by atoms with van der Waals surface area (Å²) in [4.78, 5) is 29.6. The maximum absolute atomic E-state index is 12.1. The van der Waals surface area contributed by atoms with E-state index in [2.05, 4.69) is 34.3 Å². The molecule has 1 saturated heterocycles. The summed E-state index contributed by atoms with van der Waals surface area (Å²) in [7, 11) is 0. The minimum absolute atomic E-state index is 0.0673. The molecule has 2 aromatic heterocycles. The molecule has 0 aliphatic carbocycles. The van der Waals surface area contributed by atoms with E-state index in [-0.39, 0.29) is 18.0 Å². The van der Waals surface area contributed by atoms with Crippen molar-refractivity contribution in [3.63, 3.8) is 0 Å². The molecule has 23 heavy (non-hydrogen) atoms. The Kier molecular flexibility index (Phi) is 3.92. The lowest BCUT2D eigenvalue weighted by Crippen LogP contribution is -3.15. The Hall–Kier alpha value is -1.70. The van der Waals surface area contributed by atoms with Gasteiger partial charge in [-0.2, -0.15) is 0 Å². The molecule has 0 radical (unpaired) electrons. The van der Waals surface area contributed by atoms with Crippen molar-refractivity contribution < 1.29 is 14.5 Å². The molecule has 2 aromatic rings. The van der Waals surface area contributed by atoms with E-state index in [1.54, 1.807) is 11.3 Å². The minimum atomic E-state index is -0.255. The second-order valence-corrected chi connectivity index (χ2v) is 7.85. The predicted molar refractivity (Wildman–Crippen MR) is 89.7 cm³/mol. The molecule has 2 atom stereocenters. The second-order valence-electron chi connectivity index (χ2n) is 5.87. The molecule has 3 amide bonds. The quantitative estimate of drug-likeness (QED) is 0.877. The lowest BCUT2D eigenvalue weighted by atomic mass is 9.99. The number of thiophene rings is 2. The van der Waals surface area contributed by atoms with Crippen molar-refractivity contribution in [3.8, 4) is 0 Å². The molecule has 0 spiro atoms. The van der Waals surface area contributed by atoms with Crippen molar-refractivity contribution in [1.29, 1.82) is 0 Å². The number of hydrogen-bond acceptors (Lipinski definition) is 4. The van der Waals surface area contributed by atoms with E-state index in [9.17, 15) is 9.59 Å². The molecule has 120 valence electrons. The number of hydrogen-bond donors (Lipinski definition) is 2. The molecule has 5 nitrogen and oxygen atoms in total. The number of quaternary nitrogens is 1. The average Bonchev–Trinajstić information content (AvgIpc) is 3.21. The SMILES string of the molecule is O=C1CCNC(=O)N1C[NH+]1CCc2sccc2[C@H]1c1cccs1. The van der Waals surface area contributed by atoms with Gasteiger partial charge in [-0.1, -0.05) is 6.07 Å². The first-order chi connectivity index (χ1) is 11.2. The highest BCUT2D eigenvalue weighted by Crippen LogP contribution is 2.31. The van der Waals surface area contributed by atoms with Crippen LogP contribution in [0.1, 0.15) is 27.8 Å². The molecule has 2 aliphatic heterocycles. The number of imide groups is 1. The number of amides is 3. The Morgan fingerprint density at radius 3 is 2.91 bits per heavy atom.